The lowest BCUT2D eigenvalue weighted by molar-refractivity contribution is 0.0971. The van der Waals surface area contributed by atoms with Crippen LogP contribution in [0.25, 0.3) is 0 Å². The lowest BCUT2D eigenvalue weighted by Gasteiger charge is -2.18. The van der Waals surface area contributed by atoms with E-state index in [1.165, 1.54) is 11.1 Å². The highest BCUT2D eigenvalue weighted by molar-refractivity contribution is 9.10. The smallest absolute Gasteiger partial charge is 0.164 e. The van der Waals surface area contributed by atoms with E-state index in [2.05, 4.69) is 28.9 Å². The molecule has 68 valence electrons. The van der Waals surface area contributed by atoms with Crippen molar-refractivity contribution >= 4 is 21.7 Å². The maximum atomic E-state index is 11.6. The third kappa shape index (κ3) is 1.44. The fourth-order valence-electron chi connectivity index (χ4n) is 1.90. The van der Waals surface area contributed by atoms with E-state index in [0.29, 0.717) is 6.42 Å². The third-order valence-corrected chi connectivity index (χ3v) is 3.27. The number of Topliss-reactive ketones (excluding diaryl/α,β-unsaturated/α-hetero) is 1. The van der Waals surface area contributed by atoms with E-state index >= 15 is 0 Å². The molecule has 1 aromatic rings. The number of rotatable bonds is 0. The Kier molecular flexibility index (Phi) is 2.24. The molecule has 1 aliphatic carbocycles. The molecular weight excluding hydrogens is 228 g/mol. The number of carbonyl (C=O) groups is 1. The summed E-state index contributed by atoms with van der Waals surface area (Å²) in [6, 6.07) is 4.04. The van der Waals surface area contributed by atoms with Gasteiger partial charge in [-0.25, -0.2) is 0 Å². The van der Waals surface area contributed by atoms with Crippen LogP contribution in [0.4, 0.5) is 0 Å². The molecule has 0 saturated carbocycles. The quantitative estimate of drug-likeness (QED) is 0.679. The lowest BCUT2D eigenvalue weighted by Crippen LogP contribution is -2.12. The number of aryl methyl sites for hydroxylation is 1. The monoisotopic (exact) mass is 238 g/mol. The second-order valence-electron chi connectivity index (χ2n) is 3.49. The van der Waals surface area contributed by atoms with Crippen molar-refractivity contribution in [2.75, 3.05) is 0 Å². The van der Waals surface area contributed by atoms with Crippen molar-refractivity contribution in [2.24, 2.45) is 0 Å². The number of ketones is 1. The molecule has 0 bridgehead atoms. The van der Waals surface area contributed by atoms with Gasteiger partial charge in [0.25, 0.3) is 0 Å². The summed E-state index contributed by atoms with van der Waals surface area (Å²) in [7, 11) is 0. The van der Waals surface area contributed by atoms with Crippen LogP contribution in [-0.4, -0.2) is 5.78 Å². The van der Waals surface area contributed by atoms with E-state index < -0.39 is 0 Å². The molecule has 0 aromatic heterocycles. The van der Waals surface area contributed by atoms with Crippen LogP contribution in [-0.2, 0) is 6.42 Å². The zero-order valence-corrected chi connectivity index (χ0v) is 9.15. The van der Waals surface area contributed by atoms with E-state index in [1.54, 1.807) is 0 Å². The molecule has 0 N–H and O–H groups in total. The predicted molar refractivity (Wildman–Crippen MR) is 56.1 cm³/mol. The Hall–Kier alpha value is -0.630. The lowest BCUT2D eigenvalue weighted by atomic mass is 9.88. The highest BCUT2D eigenvalue weighted by Crippen LogP contribution is 2.30. The minimum absolute atomic E-state index is 0.289. The molecule has 0 heterocycles. The molecule has 0 aliphatic heterocycles. The van der Waals surface area contributed by atoms with Crippen LogP contribution in [0, 0.1) is 6.92 Å². The van der Waals surface area contributed by atoms with E-state index in [4.69, 9.17) is 0 Å². The zero-order chi connectivity index (χ0) is 9.42. The van der Waals surface area contributed by atoms with Crippen molar-refractivity contribution in [2.45, 2.75) is 26.2 Å². The summed E-state index contributed by atoms with van der Waals surface area (Å²) in [5.74, 6) is 0.289. The number of fused-ring (bicyclic) bond motifs is 1. The van der Waals surface area contributed by atoms with Gasteiger partial charge in [-0.2, -0.15) is 0 Å². The van der Waals surface area contributed by atoms with Crippen molar-refractivity contribution in [3.63, 3.8) is 0 Å². The molecule has 2 heteroatoms. The first-order valence-corrected chi connectivity index (χ1v) is 5.30. The molecule has 0 saturated heterocycles. The number of benzene rings is 1. The van der Waals surface area contributed by atoms with Crippen LogP contribution in [0.5, 0.6) is 0 Å². The van der Waals surface area contributed by atoms with Gasteiger partial charge in [0.15, 0.2) is 5.78 Å². The van der Waals surface area contributed by atoms with Crippen LogP contribution in [0.1, 0.15) is 34.3 Å². The second kappa shape index (κ2) is 3.26. The van der Waals surface area contributed by atoms with Crippen molar-refractivity contribution in [1.82, 2.24) is 0 Å². The minimum Gasteiger partial charge on any atom is -0.294 e. The normalized spacial score (nSPS) is 15.7. The molecule has 2 rings (SSSR count). The van der Waals surface area contributed by atoms with Gasteiger partial charge in [0, 0.05) is 16.5 Å². The molecule has 1 aliphatic rings. The van der Waals surface area contributed by atoms with Crippen molar-refractivity contribution < 1.29 is 4.79 Å². The van der Waals surface area contributed by atoms with Gasteiger partial charge in [-0.15, -0.1) is 0 Å². The molecule has 0 spiro atoms. The topological polar surface area (TPSA) is 17.1 Å². The molecule has 0 fully saturated rings. The van der Waals surface area contributed by atoms with Gasteiger partial charge in [0.05, 0.1) is 0 Å². The number of hydrogen-bond acceptors (Lipinski definition) is 1. The van der Waals surface area contributed by atoms with Gasteiger partial charge < -0.3 is 0 Å². The van der Waals surface area contributed by atoms with E-state index in [0.717, 1.165) is 22.9 Å². The van der Waals surface area contributed by atoms with Gasteiger partial charge in [-0.3, -0.25) is 4.79 Å². The molecule has 1 nitrogen and oxygen atoms in total. The minimum atomic E-state index is 0.289. The Bertz CT molecular complexity index is 369. The van der Waals surface area contributed by atoms with E-state index in [-0.39, 0.29) is 5.78 Å². The Balaban J connectivity index is 2.67. The first-order valence-electron chi connectivity index (χ1n) is 4.51. The van der Waals surface area contributed by atoms with Crippen LogP contribution in [0.2, 0.25) is 0 Å². The Morgan fingerprint density at radius 1 is 1.31 bits per heavy atom. The summed E-state index contributed by atoms with van der Waals surface area (Å²) in [6.07, 6.45) is 2.75. The Labute approximate surface area is 86.3 Å². The standard InChI is InChI=1S/C11H11BrO/c1-7-5-6-9(12)11-8(7)3-2-4-10(11)13/h5-6H,2-4H2,1H3. The van der Waals surface area contributed by atoms with Gasteiger partial charge >= 0.3 is 0 Å². The predicted octanol–water partition coefficient (Wildman–Crippen LogP) is 3.28. The van der Waals surface area contributed by atoms with Gasteiger partial charge in [0.1, 0.15) is 0 Å². The maximum absolute atomic E-state index is 11.6. The summed E-state index contributed by atoms with van der Waals surface area (Å²) in [4.78, 5) is 11.6. The first kappa shape index (κ1) is 8.95. The summed E-state index contributed by atoms with van der Waals surface area (Å²) in [5, 5.41) is 0. The molecule has 0 unspecified atom stereocenters. The SMILES string of the molecule is Cc1ccc(Br)c2c1CCCC2=O. The molecule has 13 heavy (non-hydrogen) atoms. The van der Waals surface area contributed by atoms with E-state index in [1.807, 2.05) is 6.07 Å². The van der Waals surface area contributed by atoms with E-state index in [9.17, 15) is 4.79 Å². The highest BCUT2D eigenvalue weighted by atomic mass is 79.9. The Morgan fingerprint density at radius 2 is 2.08 bits per heavy atom. The first-order chi connectivity index (χ1) is 6.20. The van der Waals surface area contributed by atoms with Crippen molar-refractivity contribution in [3.8, 4) is 0 Å². The van der Waals surface area contributed by atoms with Crippen LogP contribution in [0.15, 0.2) is 16.6 Å². The fourth-order valence-corrected chi connectivity index (χ4v) is 2.49. The highest BCUT2D eigenvalue weighted by Gasteiger charge is 2.20. The van der Waals surface area contributed by atoms with Gasteiger partial charge in [0.2, 0.25) is 0 Å². The number of hydrogen-bond donors (Lipinski definition) is 0. The zero-order valence-electron chi connectivity index (χ0n) is 7.56. The average Bonchev–Trinajstić information content (AvgIpc) is 2.12. The number of halogens is 1. The second-order valence-corrected chi connectivity index (χ2v) is 4.35. The summed E-state index contributed by atoms with van der Waals surface area (Å²) in [6.45, 7) is 2.07. The molecular formula is C11H11BrO. The van der Waals surface area contributed by atoms with Crippen LogP contribution >= 0.6 is 15.9 Å². The molecule has 0 atom stereocenters. The summed E-state index contributed by atoms with van der Waals surface area (Å²) in [5.41, 5.74) is 3.41. The van der Waals surface area contributed by atoms with Crippen LogP contribution in [0.3, 0.4) is 0 Å². The largest absolute Gasteiger partial charge is 0.294 e. The third-order valence-electron chi connectivity index (χ3n) is 2.61. The summed E-state index contributed by atoms with van der Waals surface area (Å²) >= 11 is 3.44. The Morgan fingerprint density at radius 3 is 2.77 bits per heavy atom. The number of carbonyl (C=O) groups excluding carboxylic acids is 1. The summed E-state index contributed by atoms with van der Waals surface area (Å²) < 4.78 is 0.956. The van der Waals surface area contributed by atoms with Crippen molar-refractivity contribution in [1.29, 1.82) is 0 Å². The van der Waals surface area contributed by atoms with Gasteiger partial charge in [-0.1, -0.05) is 22.0 Å². The molecule has 0 radical (unpaired) electrons. The van der Waals surface area contributed by atoms with Crippen LogP contribution < -0.4 is 0 Å². The fraction of sp³-hybridized carbons (Fsp3) is 0.364. The molecule has 0 amide bonds. The maximum Gasteiger partial charge on any atom is 0.164 e. The van der Waals surface area contributed by atoms with Crippen molar-refractivity contribution in [3.05, 3.63) is 33.3 Å². The average molecular weight is 239 g/mol. The molecule has 1 aromatic carbocycles. The van der Waals surface area contributed by atoms with Gasteiger partial charge in [-0.05, 0) is 37.0 Å².